The van der Waals surface area contributed by atoms with E-state index in [0.717, 1.165) is 0 Å². The SMILES string of the molecule is CC[C@H]1OC(C(=O)NCC2C=CC(C)C3C(=O)N(CCCC(=O)NC)C(=O)C23)C(OC)[C@H](O)C1[NH-].[Ac].[Ac]. The molecule has 0 aromatic rings. The van der Waals surface area contributed by atoms with Gasteiger partial charge < -0.3 is 30.9 Å². The van der Waals surface area contributed by atoms with Gasteiger partial charge in [0.15, 0.2) is 6.10 Å². The number of hydrogen-bond donors (Lipinski definition) is 3. The summed E-state index contributed by atoms with van der Waals surface area (Å²) in [7, 11) is 2.89. The van der Waals surface area contributed by atoms with E-state index in [1.54, 1.807) is 0 Å². The molecule has 37 heavy (non-hydrogen) atoms. The first-order valence-electron chi connectivity index (χ1n) is 12.2. The maximum absolute atomic E-state index is 13.2. The fraction of sp³-hybridized carbons (Fsp3) is 0.750. The van der Waals surface area contributed by atoms with Gasteiger partial charge in [-0.25, -0.2) is 0 Å². The summed E-state index contributed by atoms with van der Waals surface area (Å²) in [5, 5.41) is 15.8. The quantitative estimate of drug-likeness (QED) is 0.218. The normalized spacial score (nSPS) is 34.8. The first kappa shape index (κ1) is 35.6. The van der Waals surface area contributed by atoms with Crippen molar-refractivity contribution < 1.29 is 122 Å². The summed E-state index contributed by atoms with van der Waals surface area (Å²) >= 11 is 0. The predicted octanol–water partition coefficient (Wildman–Crippen LogP) is 0.0262. The second-order valence-corrected chi connectivity index (χ2v) is 9.53. The number of methoxy groups -OCH3 is 1. The summed E-state index contributed by atoms with van der Waals surface area (Å²) in [6.07, 6.45) is 0.975. The minimum Gasteiger partial charge on any atom is -0.670 e. The summed E-state index contributed by atoms with van der Waals surface area (Å²) in [5.74, 6) is -2.79. The van der Waals surface area contributed by atoms with E-state index in [1.807, 2.05) is 26.0 Å². The molecule has 0 bridgehead atoms. The molecule has 202 valence electrons. The summed E-state index contributed by atoms with van der Waals surface area (Å²) in [5.41, 5.74) is 8.11. The Bertz CT molecular complexity index is 861. The zero-order chi connectivity index (χ0) is 25.9. The van der Waals surface area contributed by atoms with E-state index in [9.17, 15) is 24.3 Å². The molecule has 0 spiro atoms. The largest absolute Gasteiger partial charge is 0.670 e. The van der Waals surface area contributed by atoms with Crippen molar-refractivity contribution in [2.45, 2.75) is 63.6 Å². The average Bonchev–Trinajstić information content (AvgIpc) is 3.10. The Balaban J connectivity index is 0.00000342. The second-order valence-electron chi connectivity index (χ2n) is 9.53. The molecule has 3 rings (SSSR count). The Morgan fingerprint density at radius 1 is 1.19 bits per heavy atom. The zero-order valence-corrected chi connectivity index (χ0v) is 31.4. The van der Waals surface area contributed by atoms with Crippen LogP contribution in [0.3, 0.4) is 0 Å². The minimum absolute atomic E-state index is 0. The average molecular weight is 948 g/mol. The molecule has 9 atom stereocenters. The molecule has 11 nitrogen and oxygen atoms in total. The predicted molar refractivity (Wildman–Crippen MR) is 126 cm³/mol. The molecule has 13 heteroatoms. The van der Waals surface area contributed by atoms with Gasteiger partial charge in [-0.1, -0.05) is 32.0 Å². The van der Waals surface area contributed by atoms with Crippen LogP contribution in [-0.4, -0.2) is 91.3 Å². The number of imide groups is 1. The van der Waals surface area contributed by atoms with Crippen molar-refractivity contribution >= 4 is 23.6 Å². The number of carbonyl (C=O) groups excluding carboxylic acids is 4. The molecule has 7 unspecified atom stereocenters. The molecular weight excluding hydrogens is 910 g/mol. The second kappa shape index (κ2) is 16.1. The molecule has 0 aromatic heterocycles. The number of fused-ring (bicyclic) bond motifs is 1. The van der Waals surface area contributed by atoms with Crippen molar-refractivity contribution in [3.05, 3.63) is 17.9 Å². The molecule has 3 aliphatic rings. The van der Waals surface area contributed by atoms with E-state index in [4.69, 9.17) is 15.2 Å². The van der Waals surface area contributed by atoms with Gasteiger partial charge in [0.25, 0.3) is 5.91 Å². The Morgan fingerprint density at radius 3 is 2.43 bits per heavy atom. The third-order valence-electron chi connectivity index (χ3n) is 7.41. The van der Waals surface area contributed by atoms with Crippen LogP contribution in [-0.2, 0) is 28.7 Å². The third-order valence-corrected chi connectivity index (χ3v) is 7.41. The van der Waals surface area contributed by atoms with Crippen LogP contribution in [0.15, 0.2) is 12.2 Å². The van der Waals surface area contributed by atoms with Gasteiger partial charge in [0, 0.05) is 134 Å². The van der Waals surface area contributed by atoms with Gasteiger partial charge in [0.05, 0.1) is 17.9 Å². The van der Waals surface area contributed by atoms with E-state index >= 15 is 0 Å². The van der Waals surface area contributed by atoms with Crippen molar-refractivity contribution in [1.82, 2.24) is 15.5 Å². The Kier molecular flexibility index (Phi) is 15.5. The van der Waals surface area contributed by atoms with Crippen molar-refractivity contribution in [1.29, 1.82) is 0 Å². The first-order valence-corrected chi connectivity index (χ1v) is 12.2. The summed E-state index contributed by atoms with van der Waals surface area (Å²) < 4.78 is 11.1. The van der Waals surface area contributed by atoms with Gasteiger partial charge in [-0.3, -0.25) is 24.1 Å². The molecule has 0 saturated carbocycles. The molecular formula is C24H37Ac2N4O7-. The summed E-state index contributed by atoms with van der Waals surface area (Å²) in [4.78, 5) is 52.0. The van der Waals surface area contributed by atoms with Crippen LogP contribution in [0.5, 0.6) is 0 Å². The van der Waals surface area contributed by atoms with Crippen molar-refractivity contribution in [3.8, 4) is 0 Å². The monoisotopic (exact) mass is 947 g/mol. The van der Waals surface area contributed by atoms with Gasteiger partial charge in [-0.05, 0) is 18.8 Å². The molecule has 2 aliphatic heterocycles. The number of aliphatic hydroxyl groups is 1. The van der Waals surface area contributed by atoms with E-state index in [2.05, 4.69) is 10.6 Å². The van der Waals surface area contributed by atoms with E-state index < -0.39 is 48.2 Å². The molecule has 4 amide bonds. The molecule has 2 fully saturated rings. The summed E-state index contributed by atoms with van der Waals surface area (Å²) in [6.45, 7) is 4.00. The van der Waals surface area contributed by atoms with E-state index in [0.29, 0.717) is 12.8 Å². The standard InChI is InChI=1S/C24H37N4O7.2Ac/c1-5-14-18(25)19(30)20(34-4)21(35-14)22(31)27-11-13-9-8-12(2)16-17(13)24(33)28(23(16)32)10-6-7-15(29)26-3;;/h8-9,12-14,16-21,25,30H,5-7,10-11H2,1-4H3,(H,26,29)(H,27,31);;/q-1;;/t12?,13?,14-,16?,17?,18?,19-,20?,21?;;/m1../s1. The van der Waals surface area contributed by atoms with Crippen LogP contribution in [0, 0.1) is 112 Å². The number of nitrogens with one attached hydrogen (secondary N) is 3. The van der Waals surface area contributed by atoms with Gasteiger partial charge in [0.1, 0.15) is 6.10 Å². The number of rotatable bonds is 9. The minimum atomic E-state index is -1.17. The Hall–Kier alpha value is 0.543. The number of likely N-dealkylation sites (tertiary alicyclic amines) is 1. The van der Waals surface area contributed by atoms with Crippen molar-refractivity contribution in [2.75, 3.05) is 27.2 Å². The molecule has 2 radical (unpaired) electrons. The Morgan fingerprint density at radius 2 is 1.84 bits per heavy atom. The molecule has 1 aliphatic carbocycles. The van der Waals surface area contributed by atoms with Gasteiger partial charge >= 0.3 is 0 Å². The van der Waals surface area contributed by atoms with Crippen molar-refractivity contribution in [3.63, 3.8) is 0 Å². The van der Waals surface area contributed by atoms with E-state index in [-0.39, 0.29) is 137 Å². The number of amides is 4. The third kappa shape index (κ3) is 7.85. The maximum atomic E-state index is 13.2. The number of ether oxygens (including phenoxy) is 2. The Labute approximate surface area is 289 Å². The van der Waals surface area contributed by atoms with Gasteiger partial charge in [-0.15, -0.1) is 0 Å². The van der Waals surface area contributed by atoms with Crippen LogP contribution >= 0.6 is 0 Å². The molecule has 2 saturated heterocycles. The van der Waals surface area contributed by atoms with Crippen molar-refractivity contribution in [2.24, 2.45) is 23.7 Å². The van der Waals surface area contributed by atoms with Crippen LogP contribution in [0.1, 0.15) is 33.1 Å². The van der Waals surface area contributed by atoms with Crippen LogP contribution in [0.25, 0.3) is 5.73 Å². The fourth-order valence-electron chi connectivity index (χ4n) is 5.37. The molecule has 4 N–H and O–H groups in total. The number of nitrogens with zero attached hydrogens (tertiary/aromatic N) is 1. The van der Waals surface area contributed by atoms with Crippen LogP contribution in [0.2, 0.25) is 0 Å². The zero-order valence-electron chi connectivity index (χ0n) is 21.9. The maximum Gasteiger partial charge on any atom is 0.251 e. The number of aliphatic hydroxyl groups excluding tert-OH is 1. The first-order chi connectivity index (χ1) is 16.7. The van der Waals surface area contributed by atoms with E-state index in [1.165, 1.54) is 19.1 Å². The number of allylic oxidation sites excluding steroid dienone is 1. The topological polar surface area (TPSA) is 158 Å². The smallest absolute Gasteiger partial charge is 0.251 e. The van der Waals surface area contributed by atoms with Crippen LogP contribution in [0.4, 0.5) is 0 Å². The molecule has 0 aromatic carbocycles. The molecule has 2 heterocycles. The summed E-state index contributed by atoms with van der Waals surface area (Å²) in [6, 6.07) is -0.922. The fourth-order valence-corrected chi connectivity index (χ4v) is 5.37. The number of carbonyl (C=O) groups is 4. The number of hydrogen-bond acceptors (Lipinski definition) is 7. The van der Waals surface area contributed by atoms with Gasteiger partial charge in [-0.2, -0.15) is 0 Å². The van der Waals surface area contributed by atoms with Gasteiger partial charge in [0.2, 0.25) is 17.7 Å². The van der Waals surface area contributed by atoms with Crippen LogP contribution < -0.4 is 10.6 Å².